The lowest BCUT2D eigenvalue weighted by Crippen LogP contribution is -2.25. The lowest BCUT2D eigenvalue weighted by molar-refractivity contribution is 0.257. The number of aromatic nitrogens is 1. The van der Waals surface area contributed by atoms with Crippen molar-refractivity contribution in [2.75, 3.05) is 13.2 Å². The number of nitrogens with zero attached hydrogens (tertiary/aromatic N) is 1. The predicted octanol–water partition coefficient (Wildman–Crippen LogP) is 5.43. The van der Waals surface area contributed by atoms with Crippen LogP contribution in [0.5, 0.6) is 17.2 Å². The molecular formula is C22H33NO4. The second kappa shape index (κ2) is 10.2. The van der Waals surface area contributed by atoms with Gasteiger partial charge < -0.3 is 19.1 Å². The number of hydrogen-bond acceptors (Lipinski definition) is 4. The summed E-state index contributed by atoms with van der Waals surface area (Å²) in [7, 11) is 0. The highest BCUT2D eigenvalue weighted by Crippen LogP contribution is 2.35. The van der Waals surface area contributed by atoms with E-state index < -0.39 is 0 Å². The Hall–Kier alpha value is -2.17. The van der Waals surface area contributed by atoms with Crippen LogP contribution >= 0.6 is 0 Å². The van der Waals surface area contributed by atoms with Crippen molar-refractivity contribution in [3.63, 3.8) is 0 Å². The van der Waals surface area contributed by atoms with Crippen LogP contribution in [0.15, 0.2) is 23.0 Å². The molecule has 2 aromatic rings. The molecule has 0 unspecified atom stereocenters. The standard InChI is InChI=1S/C22H33NO4/c1-5-7-9-10-14-26-20-18-12-11-17(24)15-19(18)23(16(3)4)22(25)21(20)27-13-8-6-2/h11-12,15-16,24H,5-10,13-14H2,1-4H3. The van der Waals surface area contributed by atoms with Gasteiger partial charge in [-0.15, -0.1) is 0 Å². The Morgan fingerprint density at radius 2 is 1.63 bits per heavy atom. The van der Waals surface area contributed by atoms with Crippen molar-refractivity contribution in [2.45, 2.75) is 72.3 Å². The van der Waals surface area contributed by atoms with Gasteiger partial charge in [0.25, 0.3) is 5.56 Å². The number of unbranched alkanes of at least 4 members (excludes halogenated alkanes) is 4. The van der Waals surface area contributed by atoms with Gasteiger partial charge in [0, 0.05) is 17.5 Å². The summed E-state index contributed by atoms with van der Waals surface area (Å²) in [6, 6.07) is 4.99. The average molecular weight is 376 g/mol. The third-order valence-electron chi connectivity index (χ3n) is 4.61. The molecule has 0 atom stereocenters. The Morgan fingerprint density at radius 1 is 0.963 bits per heavy atom. The molecule has 1 aromatic heterocycles. The molecule has 0 saturated heterocycles. The van der Waals surface area contributed by atoms with E-state index in [0.717, 1.165) is 37.5 Å². The minimum atomic E-state index is -0.206. The minimum absolute atomic E-state index is 0.0612. The molecule has 0 amide bonds. The quantitative estimate of drug-likeness (QED) is 0.532. The topological polar surface area (TPSA) is 60.7 Å². The number of rotatable bonds is 11. The maximum absolute atomic E-state index is 13.2. The summed E-state index contributed by atoms with van der Waals surface area (Å²) >= 11 is 0. The first-order valence-electron chi connectivity index (χ1n) is 10.2. The number of ether oxygens (including phenoxy) is 2. The van der Waals surface area contributed by atoms with E-state index in [1.807, 2.05) is 13.8 Å². The van der Waals surface area contributed by atoms with Crippen LogP contribution in [0.4, 0.5) is 0 Å². The van der Waals surface area contributed by atoms with Crippen LogP contribution in [0, 0.1) is 0 Å². The van der Waals surface area contributed by atoms with Crippen molar-refractivity contribution in [3.8, 4) is 17.2 Å². The van der Waals surface area contributed by atoms with Crippen LogP contribution in [-0.2, 0) is 0 Å². The van der Waals surface area contributed by atoms with E-state index in [-0.39, 0.29) is 23.1 Å². The van der Waals surface area contributed by atoms with Gasteiger partial charge in [-0.3, -0.25) is 4.79 Å². The Morgan fingerprint density at radius 3 is 2.30 bits per heavy atom. The lowest BCUT2D eigenvalue weighted by Gasteiger charge is -2.20. The number of aromatic hydroxyl groups is 1. The van der Waals surface area contributed by atoms with E-state index >= 15 is 0 Å². The molecule has 0 fully saturated rings. The Bertz CT molecular complexity index is 795. The normalized spacial score (nSPS) is 11.3. The molecule has 1 heterocycles. The molecule has 0 aliphatic carbocycles. The number of pyridine rings is 1. The number of phenols is 1. The lowest BCUT2D eigenvalue weighted by atomic mass is 10.1. The molecule has 0 saturated carbocycles. The summed E-state index contributed by atoms with van der Waals surface area (Å²) < 4.78 is 13.6. The highest BCUT2D eigenvalue weighted by Gasteiger charge is 2.21. The van der Waals surface area contributed by atoms with E-state index in [2.05, 4.69) is 13.8 Å². The summed E-state index contributed by atoms with van der Waals surface area (Å²) in [6.07, 6.45) is 6.25. The van der Waals surface area contributed by atoms with E-state index in [9.17, 15) is 9.90 Å². The summed E-state index contributed by atoms with van der Waals surface area (Å²) in [5.41, 5.74) is 0.462. The molecule has 27 heavy (non-hydrogen) atoms. The average Bonchev–Trinajstić information content (AvgIpc) is 2.62. The Kier molecular flexibility index (Phi) is 8.01. The predicted molar refractivity (Wildman–Crippen MR) is 110 cm³/mol. The molecular weight excluding hydrogens is 342 g/mol. The summed E-state index contributed by atoms with van der Waals surface area (Å²) in [5.74, 6) is 0.912. The largest absolute Gasteiger partial charge is 0.508 e. The summed E-state index contributed by atoms with van der Waals surface area (Å²) in [6.45, 7) is 9.19. The fourth-order valence-corrected chi connectivity index (χ4v) is 3.15. The smallest absolute Gasteiger partial charge is 0.297 e. The van der Waals surface area contributed by atoms with Gasteiger partial charge >= 0.3 is 0 Å². The highest BCUT2D eigenvalue weighted by molar-refractivity contribution is 5.89. The second-order valence-corrected chi connectivity index (χ2v) is 7.24. The SMILES string of the molecule is CCCCCCOc1c(OCCCC)c(=O)n(C(C)C)c2cc(O)ccc12. The second-order valence-electron chi connectivity index (χ2n) is 7.24. The van der Waals surface area contributed by atoms with Crippen molar-refractivity contribution in [1.29, 1.82) is 0 Å². The Balaban J connectivity index is 2.52. The van der Waals surface area contributed by atoms with Gasteiger partial charge in [0.1, 0.15) is 5.75 Å². The maximum Gasteiger partial charge on any atom is 0.297 e. The third-order valence-corrected chi connectivity index (χ3v) is 4.61. The first-order valence-corrected chi connectivity index (χ1v) is 10.2. The zero-order valence-corrected chi connectivity index (χ0v) is 17.1. The van der Waals surface area contributed by atoms with Gasteiger partial charge in [0.2, 0.25) is 5.75 Å². The van der Waals surface area contributed by atoms with Crippen LogP contribution < -0.4 is 15.0 Å². The molecule has 0 spiro atoms. The van der Waals surface area contributed by atoms with Crippen LogP contribution in [-0.4, -0.2) is 22.9 Å². The molecule has 0 radical (unpaired) electrons. The zero-order chi connectivity index (χ0) is 19.8. The van der Waals surface area contributed by atoms with E-state index in [4.69, 9.17) is 9.47 Å². The molecule has 1 N–H and O–H groups in total. The van der Waals surface area contributed by atoms with Gasteiger partial charge in [-0.2, -0.15) is 0 Å². The first kappa shape index (κ1) is 21.1. The van der Waals surface area contributed by atoms with Gasteiger partial charge in [-0.1, -0.05) is 39.5 Å². The van der Waals surface area contributed by atoms with Gasteiger partial charge in [-0.05, 0) is 38.8 Å². The number of fused-ring (bicyclic) bond motifs is 1. The van der Waals surface area contributed by atoms with Crippen molar-refractivity contribution in [2.24, 2.45) is 0 Å². The summed E-state index contributed by atoms with van der Waals surface area (Å²) in [4.78, 5) is 13.2. The summed E-state index contributed by atoms with van der Waals surface area (Å²) in [5, 5.41) is 10.7. The number of phenolic OH excluding ortho intramolecular Hbond substituents is 1. The maximum atomic E-state index is 13.2. The highest BCUT2D eigenvalue weighted by atomic mass is 16.5. The molecule has 0 aliphatic rings. The first-order chi connectivity index (χ1) is 13.0. The zero-order valence-electron chi connectivity index (χ0n) is 17.1. The number of hydrogen-bond donors (Lipinski definition) is 1. The van der Waals surface area contributed by atoms with Gasteiger partial charge in [-0.25, -0.2) is 0 Å². The molecule has 0 bridgehead atoms. The fraction of sp³-hybridized carbons (Fsp3) is 0.591. The van der Waals surface area contributed by atoms with E-state index in [0.29, 0.717) is 24.5 Å². The minimum Gasteiger partial charge on any atom is -0.508 e. The van der Waals surface area contributed by atoms with Crippen molar-refractivity contribution < 1.29 is 14.6 Å². The van der Waals surface area contributed by atoms with Crippen LogP contribution in [0.2, 0.25) is 0 Å². The van der Waals surface area contributed by atoms with Gasteiger partial charge in [0.05, 0.1) is 18.7 Å². The molecule has 5 nitrogen and oxygen atoms in total. The van der Waals surface area contributed by atoms with Crippen LogP contribution in [0.1, 0.15) is 72.3 Å². The third kappa shape index (κ3) is 5.18. The van der Waals surface area contributed by atoms with Gasteiger partial charge in [0.15, 0.2) is 5.75 Å². The fourth-order valence-electron chi connectivity index (χ4n) is 3.15. The van der Waals surface area contributed by atoms with E-state index in [1.165, 1.54) is 6.42 Å². The molecule has 2 rings (SSSR count). The molecule has 0 aliphatic heterocycles. The van der Waals surface area contributed by atoms with Crippen LogP contribution in [0.3, 0.4) is 0 Å². The Labute approximate surface area is 161 Å². The molecule has 150 valence electrons. The van der Waals surface area contributed by atoms with Crippen molar-refractivity contribution >= 4 is 10.9 Å². The van der Waals surface area contributed by atoms with E-state index in [1.54, 1.807) is 22.8 Å². The monoisotopic (exact) mass is 375 g/mol. The van der Waals surface area contributed by atoms with Crippen LogP contribution in [0.25, 0.3) is 10.9 Å². The van der Waals surface area contributed by atoms with Crippen molar-refractivity contribution in [1.82, 2.24) is 4.57 Å². The molecule has 1 aromatic carbocycles. The number of benzene rings is 1. The molecule has 5 heteroatoms. The van der Waals surface area contributed by atoms with Crippen molar-refractivity contribution in [3.05, 3.63) is 28.6 Å².